The Morgan fingerprint density at radius 1 is 1.17 bits per heavy atom. The van der Waals surface area contributed by atoms with E-state index in [2.05, 4.69) is 5.10 Å². The minimum absolute atomic E-state index is 0.160. The van der Waals surface area contributed by atoms with Crippen molar-refractivity contribution in [3.05, 3.63) is 65.7 Å². The lowest BCUT2D eigenvalue weighted by Crippen LogP contribution is -2.02. The summed E-state index contributed by atoms with van der Waals surface area (Å²) in [5.74, 6) is 0.688. The van der Waals surface area contributed by atoms with Gasteiger partial charge in [-0.3, -0.25) is 0 Å². The van der Waals surface area contributed by atoms with Gasteiger partial charge in [0.25, 0.3) is 0 Å². The van der Waals surface area contributed by atoms with Crippen LogP contribution >= 0.6 is 0 Å². The molecular formula is C17H11N5O. The number of rotatable bonds is 3. The van der Waals surface area contributed by atoms with Crippen molar-refractivity contribution in [2.45, 2.75) is 0 Å². The van der Waals surface area contributed by atoms with Gasteiger partial charge in [-0.25, -0.2) is 4.68 Å². The first-order valence-electron chi connectivity index (χ1n) is 6.74. The molecule has 0 fully saturated rings. The molecule has 6 heteroatoms. The van der Waals surface area contributed by atoms with Gasteiger partial charge in [-0.15, -0.1) is 0 Å². The zero-order chi connectivity index (χ0) is 16.2. The van der Waals surface area contributed by atoms with Gasteiger partial charge in [0.15, 0.2) is 0 Å². The maximum atomic E-state index is 9.41. The summed E-state index contributed by atoms with van der Waals surface area (Å²) in [6.07, 6.45) is 3.03. The second-order valence-electron chi connectivity index (χ2n) is 4.65. The fraction of sp³-hybridized carbons (Fsp3) is 0. The van der Waals surface area contributed by atoms with E-state index < -0.39 is 0 Å². The third-order valence-electron chi connectivity index (χ3n) is 3.24. The SMILES string of the molecule is N#C/C(=C\c1ccco1)c1nn(-c2ccccc2)c(N)c1C#N. The van der Waals surface area contributed by atoms with Gasteiger partial charge in [0.05, 0.1) is 17.5 Å². The quantitative estimate of drug-likeness (QED) is 0.749. The highest BCUT2D eigenvalue weighted by Gasteiger charge is 2.20. The number of nitriles is 2. The summed E-state index contributed by atoms with van der Waals surface area (Å²) in [5, 5.41) is 23.1. The number of furan rings is 1. The summed E-state index contributed by atoms with van der Waals surface area (Å²) in [6.45, 7) is 0. The summed E-state index contributed by atoms with van der Waals surface area (Å²) in [4.78, 5) is 0. The Kier molecular flexibility index (Phi) is 3.65. The Morgan fingerprint density at radius 3 is 2.57 bits per heavy atom. The minimum atomic E-state index is 0.160. The zero-order valence-corrected chi connectivity index (χ0v) is 12.0. The molecule has 2 aromatic heterocycles. The number of nitrogens with two attached hydrogens (primary N) is 1. The smallest absolute Gasteiger partial charge is 0.145 e. The third-order valence-corrected chi connectivity index (χ3v) is 3.24. The van der Waals surface area contributed by atoms with Crippen LogP contribution in [0.1, 0.15) is 17.0 Å². The molecule has 3 rings (SSSR count). The van der Waals surface area contributed by atoms with Gasteiger partial charge in [-0.1, -0.05) is 18.2 Å². The number of hydrogen-bond donors (Lipinski definition) is 1. The van der Waals surface area contributed by atoms with Gasteiger partial charge in [0, 0.05) is 6.08 Å². The first-order chi connectivity index (χ1) is 11.2. The van der Waals surface area contributed by atoms with Crippen LogP contribution in [0.15, 0.2) is 53.1 Å². The Morgan fingerprint density at radius 2 is 1.96 bits per heavy atom. The van der Waals surface area contributed by atoms with Crippen LogP contribution in [0.25, 0.3) is 17.3 Å². The van der Waals surface area contributed by atoms with Crippen molar-refractivity contribution in [1.82, 2.24) is 9.78 Å². The Labute approximate surface area is 132 Å². The van der Waals surface area contributed by atoms with Gasteiger partial charge < -0.3 is 10.2 Å². The second-order valence-corrected chi connectivity index (χ2v) is 4.65. The number of nitrogen functional groups attached to an aromatic ring is 1. The highest BCUT2D eigenvalue weighted by molar-refractivity contribution is 5.90. The topological polar surface area (TPSA) is 105 Å². The number of allylic oxidation sites excluding steroid dienone is 1. The molecule has 0 bridgehead atoms. The minimum Gasteiger partial charge on any atom is -0.465 e. The van der Waals surface area contributed by atoms with Crippen molar-refractivity contribution >= 4 is 17.5 Å². The predicted octanol–water partition coefficient (Wildman–Crippen LogP) is 2.98. The highest BCUT2D eigenvalue weighted by Crippen LogP contribution is 2.26. The average Bonchev–Trinajstić information content (AvgIpc) is 3.21. The number of benzene rings is 1. The molecule has 0 saturated carbocycles. The molecule has 0 saturated heterocycles. The first kappa shape index (κ1) is 14.2. The molecule has 2 heterocycles. The van der Waals surface area contributed by atoms with Crippen LogP contribution in [0, 0.1) is 22.7 Å². The van der Waals surface area contributed by atoms with Crippen LogP contribution < -0.4 is 5.73 Å². The van der Waals surface area contributed by atoms with E-state index >= 15 is 0 Å². The van der Waals surface area contributed by atoms with Crippen LogP contribution in [0.3, 0.4) is 0 Å². The van der Waals surface area contributed by atoms with E-state index in [1.54, 1.807) is 12.1 Å². The zero-order valence-electron chi connectivity index (χ0n) is 12.0. The molecule has 0 aliphatic carbocycles. The molecule has 0 spiro atoms. The fourth-order valence-corrected chi connectivity index (χ4v) is 2.17. The fourth-order valence-electron chi connectivity index (χ4n) is 2.17. The van der Waals surface area contributed by atoms with E-state index in [1.165, 1.54) is 17.0 Å². The summed E-state index contributed by atoms with van der Waals surface area (Å²) < 4.78 is 6.65. The van der Waals surface area contributed by atoms with Crippen LogP contribution in [0.5, 0.6) is 0 Å². The summed E-state index contributed by atoms with van der Waals surface area (Å²) in [6, 6.07) is 16.7. The van der Waals surface area contributed by atoms with E-state index in [0.29, 0.717) is 11.4 Å². The molecule has 0 aliphatic heterocycles. The number of aromatic nitrogens is 2. The van der Waals surface area contributed by atoms with Crippen molar-refractivity contribution in [3.63, 3.8) is 0 Å². The molecule has 0 amide bonds. The van der Waals surface area contributed by atoms with Gasteiger partial charge in [-0.2, -0.15) is 15.6 Å². The van der Waals surface area contributed by atoms with E-state index in [9.17, 15) is 10.5 Å². The van der Waals surface area contributed by atoms with Crippen LogP contribution in [0.4, 0.5) is 5.82 Å². The van der Waals surface area contributed by atoms with E-state index in [1.807, 2.05) is 42.5 Å². The molecule has 0 unspecified atom stereocenters. The molecular weight excluding hydrogens is 290 g/mol. The molecule has 23 heavy (non-hydrogen) atoms. The van der Waals surface area contributed by atoms with E-state index in [0.717, 1.165) is 0 Å². The largest absolute Gasteiger partial charge is 0.465 e. The normalized spacial score (nSPS) is 11.0. The predicted molar refractivity (Wildman–Crippen MR) is 84.9 cm³/mol. The summed E-state index contributed by atoms with van der Waals surface area (Å²) in [7, 11) is 0. The van der Waals surface area contributed by atoms with Crippen LogP contribution in [-0.2, 0) is 0 Å². The Balaban J connectivity index is 2.17. The standard InChI is InChI=1S/C17H11N5O/c18-10-12(9-14-7-4-8-23-14)16-15(11-19)17(20)22(21-16)13-5-2-1-3-6-13/h1-9H,20H2/b12-9+. The molecule has 2 N–H and O–H groups in total. The third kappa shape index (κ3) is 2.57. The number of para-hydroxylation sites is 1. The molecule has 0 radical (unpaired) electrons. The molecule has 110 valence electrons. The van der Waals surface area contributed by atoms with E-state index in [-0.39, 0.29) is 22.6 Å². The first-order valence-corrected chi connectivity index (χ1v) is 6.74. The lowest BCUT2D eigenvalue weighted by Gasteiger charge is -2.02. The van der Waals surface area contributed by atoms with Gasteiger partial charge in [-0.05, 0) is 24.3 Å². The van der Waals surface area contributed by atoms with Crippen molar-refractivity contribution in [1.29, 1.82) is 10.5 Å². The maximum absolute atomic E-state index is 9.41. The van der Waals surface area contributed by atoms with Crippen molar-refractivity contribution in [2.75, 3.05) is 5.73 Å². The van der Waals surface area contributed by atoms with Crippen molar-refractivity contribution in [3.8, 4) is 17.8 Å². The van der Waals surface area contributed by atoms with Crippen molar-refractivity contribution < 1.29 is 4.42 Å². The number of nitrogens with zero attached hydrogens (tertiary/aromatic N) is 4. The maximum Gasteiger partial charge on any atom is 0.145 e. The van der Waals surface area contributed by atoms with Gasteiger partial charge >= 0.3 is 0 Å². The Bertz CT molecular complexity index is 938. The van der Waals surface area contributed by atoms with Crippen molar-refractivity contribution in [2.24, 2.45) is 0 Å². The van der Waals surface area contributed by atoms with Crippen LogP contribution in [0.2, 0.25) is 0 Å². The molecule has 1 aromatic carbocycles. The Hall–Kier alpha value is -3.77. The highest BCUT2D eigenvalue weighted by atomic mass is 16.3. The number of hydrogen-bond acceptors (Lipinski definition) is 5. The average molecular weight is 301 g/mol. The van der Waals surface area contributed by atoms with Gasteiger partial charge in [0.2, 0.25) is 0 Å². The monoisotopic (exact) mass is 301 g/mol. The molecule has 0 aliphatic rings. The van der Waals surface area contributed by atoms with Crippen LogP contribution in [-0.4, -0.2) is 9.78 Å². The molecule has 3 aromatic rings. The molecule has 0 atom stereocenters. The lowest BCUT2D eigenvalue weighted by atomic mass is 10.1. The molecule has 6 nitrogen and oxygen atoms in total. The van der Waals surface area contributed by atoms with E-state index in [4.69, 9.17) is 10.2 Å². The lowest BCUT2D eigenvalue weighted by molar-refractivity contribution is 0.557. The summed E-state index contributed by atoms with van der Waals surface area (Å²) >= 11 is 0. The van der Waals surface area contributed by atoms with Gasteiger partial charge in [0.1, 0.15) is 35.0 Å². The summed E-state index contributed by atoms with van der Waals surface area (Å²) in [5.41, 5.74) is 7.34. The number of anilines is 1. The second kappa shape index (κ2) is 5.92.